The van der Waals surface area contributed by atoms with Crippen molar-refractivity contribution in [2.45, 2.75) is 19.0 Å². The number of aryl methyl sites for hydroxylation is 1. The van der Waals surface area contributed by atoms with Crippen LogP contribution in [0.5, 0.6) is 11.5 Å². The number of rotatable bonds is 8. The number of carbonyl (C=O) groups is 2. The molecule has 0 bridgehead atoms. The lowest BCUT2D eigenvalue weighted by Crippen LogP contribution is -2.31. The molecule has 1 N–H and O–H groups in total. The Labute approximate surface area is 214 Å². The Kier molecular flexibility index (Phi) is 6.64. The van der Waals surface area contributed by atoms with Gasteiger partial charge in [-0.2, -0.15) is 0 Å². The number of aromatic nitrogens is 2. The second kappa shape index (κ2) is 10.2. The number of carbonyl (C=O) groups excluding carboxylic acids is 2. The van der Waals surface area contributed by atoms with Gasteiger partial charge in [-0.1, -0.05) is 36.4 Å². The highest BCUT2D eigenvalue weighted by atomic mass is 16.5. The highest BCUT2D eigenvalue weighted by Crippen LogP contribution is 2.43. The van der Waals surface area contributed by atoms with Gasteiger partial charge >= 0.3 is 0 Å². The summed E-state index contributed by atoms with van der Waals surface area (Å²) >= 11 is 0. The average Bonchev–Trinajstić information content (AvgIpc) is 3.54. The van der Waals surface area contributed by atoms with Gasteiger partial charge in [0, 0.05) is 36.6 Å². The van der Waals surface area contributed by atoms with Crippen molar-refractivity contribution in [1.29, 1.82) is 0 Å². The zero-order valence-electron chi connectivity index (χ0n) is 20.6. The van der Waals surface area contributed by atoms with Crippen molar-refractivity contribution in [3.05, 3.63) is 96.1 Å². The zero-order valence-corrected chi connectivity index (χ0v) is 20.6. The number of ether oxygens (including phenoxy) is 2. The Balaban J connectivity index is 1.58. The van der Waals surface area contributed by atoms with Crippen molar-refractivity contribution in [3.63, 3.8) is 0 Å². The quantitative estimate of drug-likeness (QED) is 0.218. The van der Waals surface area contributed by atoms with Gasteiger partial charge in [0.25, 0.3) is 11.7 Å². The van der Waals surface area contributed by atoms with Gasteiger partial charge < -0.3 is 24.0 Å². The number of ketones is 1. The third kappa shape index (κ3) is 4.53. The molecule has 1 aliphatic heterocycles. The molecule has 0 radical (unpaired) electrons. The molecular weight excluding hydrogens is 470 g/mol. The molecular formula is C29H27N3O5. The molecule has 188 valence electrons. The summed E-state index contributed by atoms with van der Waals surface area (Å²) in [6.45, 7) is 0.954. The Bertz CT molecular complexity index is 1490. The summed E-state index contributed by atoms with van der Waals surface area (Å²) in [6.07, 6.45) is 5.86. The molecule has 8 heteroatoms. The topological polar surface area (TPSA) is 93.9 Å². The van der Waals surface area contributed by atoms with Crippen LogP contribution < -0.4 is 9.47 Å². The lowest BCUT2D eigenvalue weighted by Gasteiger charge is -2.26. The fourth-order valence-electron chi connectivity index (χ4n) is 4.82. The third-order valence-electron chi connectivity index (χ3n) is 6.67. The van der Waals surface area contributed by atoms with E-state index >= 15 is 0 Å². The molecule has 3 aromatic carbocycles. The number of imidazole rings is 1. The van der Waals surface area contributed by atoms with Crippen LogP contribution in [-0.4, -0.2) is 52.0 Å². The van der Waals surface area contributed by atoms with Gasteiger partial charge in [-0.05, 0) is 41.5 Å². The molecule has 1 saturated heterocycles. The van der Waals surface area contributed by atoms with Crippen LogP contribution in [0.1, 0.15) is 23.6 Å². The zero-order chi connectivity index (χ0) is 25.9. The summed E-state index contributed by atoms with van der Waals surface area (Å²) in [4.78, 5) is 32.2. The summed E-state index contributed by atoms with van der Waals surface area (Å²) in [5.74, 6) is -0.323. The van der Waals surface area contributed by atoms with E-state index in [9.17, 15) is 14.7 Å². The van der Waals surface area contributed by atoms with Crippen LogP contribution in [0.3, 0.4) is 0 Å². The Hall–Kier alpha value is -4.59. The molecule has 0 spiro atoms. The van der Waals surface area contributed by atoms with E-state index < -0.39 is 17.7 Å². The first-order valence-corrected chi connectivity index (χ1v) is 12.0. The van der Waals surface area contributed by atoms with E-state index in [1.54, 1.807) is 44.9 Å². The maximum Gasteiger partial charge on any atom is 0.295 e. The van der Waals surface area contributed by atoms with Crippen LogP contribution in [0, 0.1) is 0 Å². The van der Waals surface area contributed by atoms with Crippen molar-refractivity contribution in [2.24, 2.45) is 0 Å². The number of hydrogen-bond acceptors (Lipinski definition) is 6. The van der Waals surface area contributed by atoms with Crippen molar-refractivity contribution >= 4 is 28.2 Å². The maximum absolute atomic E-state index is 13.4. The molecule has 37 heavy (non-hydrogen) atoms. The normalized spacial score (nSPS) is 16.9. The summed E-state index contributed by atoms with van der Waals surface area (Å²) in [6, 6.07) is 17.5. The number of para-hydroxylation sites is 1. The minimum atomic E-state index is -0.787. The second-order valence-corrected chi connectivity index (χ2v) is 8.82. The molecule has 1 fully saturated rings. The van der Waals surface area contributed by atoms with E-state index in [1.165, 1.54) is 4.90 Å². The minimum Gasteiger partial charge on any atom is -0.507 e. The van der Waals surface area contributed by atoms with Gasteiger partial charge in [0.05, 0.1) is 32.2 Å². The van der Waals surface area contributed by atoms with Crippen LogP contribution in [0.4, 0.5) is 0 Å². The molecule has 1 atom stereocenters. The lowest BCUT2D eigenvalue weighted by atomic mass is 9.94. The minimum absolute atomic E-state index is 0.0463. The molecule has 8 nitrogen and oxygen atoms in total. The van der Waals surface area contributed by atoms with Crippen molar-refractivity contribution < 1.29 is 24.2 Å². The van der Waals surface area contributed by atoms with Gasteiger partial charge in [0.15, 0.2) is 0 Å². The molecule has 1 amide bonds. The second-order valence-electron chi connectivity index (χ2n) is 8.82. The number of aliphatic hydroxyl groups excluding tert-OH is 1. The Morgan fingerprint density at radius 1 is 0.973 bits per heavy atom. The predicted octanol–water partition coefficient (Wildman–Crippen LogP) is 4.57. The number of fused-ring (bicyclic) bond motifs is 1. The van der Waals surface area contributed by atoms with Gasteiger partial charge in [-0.25, -0.2) is 4.98 Å². The molecule has 5 rings (SSSR count). The predicted molar refractivity (Wildman–Crippen MR) is 139 cm³/mol. The number of amides is 1. The first-order valence-electron chi connectivity index (χ1n) is 12.0. The summed E-state index contributed by atoms with van der Waals surface area (Å²) in [5, 5.41) is 13.3. The van der Waals surface area contributed by atoms with Crippen molar-refractivity contribution in [1.82, 2.24) is 14.5 Å². The maximum atomic E-state index is 13.4. The van der Waals surface area contributed by atoms with Crippen LogP contribution >= 0.6 is 0 Å². The Morgan fingerprint density at radius 2 is 1.76 bits per heavy atom. The van der Waals surface area contributed by atoms with E-state index in [0.717, 1.165) is 16.5 Å². The van der Waals surface area contributed by atoms with E-state index in [4.69, 9.17) is 9.47 Å². The van der Waals surface area contributed by atoms with Crippen molar-refractivity contribution in [3.8, 4) is 11.5 Å². The van der Waals surface area contributed by atoms with Crippen molar-refractivity contribution in [2.75, 3.05) is 20.8 Å². The number of benzene rings is 3. The number of nitrogens with zero attached hydrogens (tertiary/aromatic N) is 3. The number of aliphatic hydroxyl groups is 1. The SMILES string of the molecule is COc1ccc2cc(/C(O)=C3\C(=O)C(=O)N(CCCn4ccnc4)C3c3ccccc3OC)ccc2c1. The first-order chi connectivity index (χ1) is 18.0. The van der Waals surface area contributed by atoms with Crippen LogP contribution in [0.15, 0.2) is 85.0 Å². The van der Waals surface area contributed by atoms with Gasteiger partial charge in [0.2, 0.25) is 0 Å². The van der Waals surface area contributed by atoms with Crippen LogP contribution in [0.25, 0.3) is 16.5 Å². The standard InChI is InChI=1S/C29H27N3O5/c1-36-22-11-10-19-16-21(9-8-20(19)17-22)27(33)25-26(23-6-3-4-7-24(23)37-2)32(29(35)28(25)34)14-5-13-31-15-12-30-18-31/h3-4,6-12,15-18,26,33H,5,13-14H2,1-2H3/b27-25+. The molecule has 1 aromatic heterocycles. The van der Waals surface area contributed by atoms with Gasteiger partial charge in [-0.15, -0.1) is 0 Å². The summed E-state index contributed by atoms with van der Waals surface area (Å²) < 4.78 is 12.8. The summed E-state index contributed by atoms with van der Waals surface area (Å²) in [7, 11) is 3.15. The fourth-order valence-corrected chi connectivity index (χ4v) is 4.82. The molecule has 2 heterocycles. The smallest absolute Gasteiger partial charge is 0.295 e. The van der Waals surface area contributed by atoms with Crippen LogP contribution in [-0.2, 0) is 16.1 Å². The number of likely N-dealkylation sites (tertiary alicyclic amines) is 1. The summed E-state index contributed by atoms with van der Waals surface area (Å²) in [5.41, 5.74) is 1.14. The highest BCUT2D eigenvalue weighted by molar-refractivity contribution is 6.46. The third-order valence-corrected chi connectivity index (χ3v) is 6.67. The average molecular weight is 498 g/mol. The number of Topliss-reactive ketones (excluding diaryl/α,β-unsaturated/α-hetero) is 1. The molecule has 0 aliphatic carbocycles. The van der Waals surface area contributed by atoms with E-state index in [2.05, 4.69) is 4.98 Å². The Morgan fingerprint density at radius 3 is 2.51 bits per heavy atom. The number of hydrogen-bond donors (Lipinski definition) is 1. The monoisotopic (exact) mass is 497 g/mol. The van der Waals surface area contributed by atoms with Crippen LogP contribution in [0.2, 0.25) is 0 Å². The fraction of sp³-hybridized carbons (Fsp3) is 0.207. The highest BCUT2D eigenvalue weighted by Gasteiger charge is 2.46. The molecule has 0 saturated carbocycles. The van der Waals surface area contributed by atoms with Gasteiger partial charge in [-0.3, -0.25) is 9.59 Å². The van der Waals surface area contributed by atoms with E-state index in [1.807, 2.05) is 53.2 Å². The number of methoxy groups -OCH3 is 2. The molecule has 4 aromatic rings. The van der Waals surface area contributed by atoms with Gasteiger partial charge in [0.1, 0.15) is 17.3 Å². The largest absolute Gasteiger partial charge is 0.507 e. The molecule has 1 aliphatic rings. The lowest BCUT2D eigenvalue weighted by molar-refractivity contribution is -0.140. The molecule has 1 unspecified atom stereocenters. The van der Waals surface area contributed by atoms with E-state index in [-0.39, 0.29) is 11.3 Å². The first kappa shape index (κ1) is 24.1. The van der Waals surface area contributed by atoms with E-state index in [0.29, 0.717) is 36.4 Å².